The molecule has 0 radical (unpaired) electrons. The average molecular weight is 320 g/mol. The molecule has 7 heteroatoms. The first-order valence-corrected chi connectivity index (χ1v) is 7.96. The van der Waals surface area contributed by atoms with Gasteiger partial charge in [0.1, 0.15) is 5.82 Å². The fourth-order valence-corrected chi connectivity index (χ4v) is 2.89. The maximum Gasteiger partial charge on any atom is 0.409 e. The van der Waals surface area contributed by atoms with Gasteiger partial charge in [0.05, 0.1) is 23.6 Å². The summed E-state index contributed by atoms with van der Waals surface area (Å²) in [5.74, 6) is 0.522. The number of carbonyl (C=O) groups excluding carboxylic acids is 2. The van der Waals surface area contributed by atoms with Crippen LogP contribution < -0.4 is 5.32 Å². The maximum absolute atomic E-state index is 12.5. The van der Waals surface area contributed by atoms with Gasteiger partial charge in [0.25, 0.3) is 5.91 Å². The number of hydrogen-bond acceptors (Lipinski definition) is 5. The zero-order valence-electron chi connectivity index (χ0n) is 14.2. The molecular weight excluding hydrogens is 296 g/mol. The maximum atomic E-state index is 12.5. The minimum Gasteiger partial charge on any atom is -0.450 e. The standard InChI is InChI=1S/C16H24N4O3/c1-5-23-16(22)20-8-6-13(7-9-20)19-15(21)14-10(2)17-12(4)18-11(14)3/h13H,5-9H2,1-4H3,(H,19,21). The van der Waals surface area contributed by atoms with Crippen molar-refractivity contribution in [3.63, 3.8) is 0 Å². The molecule has 1 aromatic heterocycles. The number of likely N-dealkylation sites (tertiary alicyclic amines) is 1. The first kappa shape index (κ1) is 17.2. The van der Waals surface area contributed by atoms with Crippen LogP contribution in [0.15, 0.2) is 0 Å². The quantitative estimate of drug-likeness (QED) is 0.917. The number of amides is 2. The summed E-state index contributed by atoms with van der Waals surface area (Å²) in [6.07, 6.45) is 1.15. The van der Waals surface area contributed by atoms with Crippen LogP contribution >= 0.6 is 0 Å². The van der Waals surface area contributed by atoms with Gasteiger partial charge < -0.3 is 15.0 Å². The monoisotopic (exact) mass is 320 g/mol. The van der Waals surface area contributed by atoms with Crippen molar-refractivity contribution < 1.29 is 14.3 Å². The Hall–Kier alpha value is -2.18. The molecule has 0 aromatic carbocycles. The molecule has 2 heterocycles. The third kappa shape index (κ3) is 4.18. The Morgan fingerprint density at radius 2 is 1.74 bits per heavy atom. The highest BCUT2D eigenvalue weighted by atomic mass is 16.6. The lowest BCUT2D eigenvalue weighted by Gasteiger charge is -2.31. The third-order valence-electron chi connectivity index (χ3n) is 3.97. The molecule has 0 unspecified atom stereocenters. The number of piperidine rings is 1. The lowest BCUT2D eigenvalue weighted by Crippen LogP contribution is -2.47. The van der Waals surface area contributed by atoms with E-state index >= 15 is 0 Å². The van der Waals surface area contributed by atoms with Gasteiger partial charge in [-0.2, -0.15) is 0 Å². The molecule has 1 aromatic rings. The van der Waals surface area contributed by atoms with Crippen molar-refractivity contribution in [3.8, 4) is 0 Å². The molecule has 0 spiro atoms. The Morgan fingerprint density at radius 1 is 1.17 bits per heavy atom. The summed E-state index contributed by atoms with van der Waals surface area (Å²) in [6, 6.07) is 0.0493. The molecule has 1 fully saturated rings. The summed E-state index contributed by atoms with van der Waals surface area (Å²) >= 11 is 0. The summed E-state index contributed by atoms with van der Waals surface area (Å²) in [7, 11) is 0. The molecule has 23 heavy (non-hydrogen) atoms. The van der Waals surface area contributed by atoms with Gasteiger partial charge in [-0.15, -0.1) is 0 Å². The number of aryl methyl sites for hydroxylation is 3. The molecule has 1 N–H and O–H groups in total. The third-order valence-corrected chi connectivity index (χ3v) is 3.97. The highest BCUT2D eigenvalue weighted by Gasteiger charge is 2.26. The zero-order chi connectivity index (χ0) is 17.0. The molecule has 2 rings (SSSR count). The van der Waals surface area contributed by atoms with E-state index in [-0.39, 0.29) is 18.0 Å². The number of carbonyl (C=O) groups is 2. The van der Waals surface area contributed by atoms with Gasteiger partial charge in [0.15, 0.2) is 0 Å². The number of hydrogen-bond donors (Lipinski definition) is 1. The van der Waals surface area contributed by atoms with E-state index in [0.717, 1.165) is 12.8 Å². The fraction of sp³-hybridized carbons (Fsp3) is 0.625. The lowest BCUT2D eigenvalue weighted by atomic mass is 10.0. The van der Waals surface area contributed by atoms with Gasteiger partial charge in [-0.1, -0.05) is 0 Å². The van der Waals surface area contributed by atoms with Crippen LogP contribution in [0.3, 0.4) is 0 Å². The van der Waals surface area contributed by atoms with Gasteiger partial charge in [0, 0.05) is 19.1 Å². The average Bonchev–Trinajstić information content (AvgIpc) is 2.47. The molecule has 0 aliphatic carbocycles. The second-order valence-electron chi connectivity index (χ2n) is 5.75. The number of ether oxygens (including phenoxy) is 1. The van der Waals surface area contributed by atoms with Crippen molar-refractivity contribution in [1.82, 2.24) is 20.2 Å². The number of nitrogens with one attached hydrogen (secondary N) is 1. The molecule has 1 aliphatic heterocycles. The largest absolute Gasteiger partial charge is 0.450 e. The van der Waals surface area contributed by atoms with Crippen molar-refractivity contribution in [3.05, 3.63) is 22.8 Å². The molecule has 1 saturated heterocycles. The van der Waals surface area contributed by atoms with Crippen LogP contribution in [0.4, 0.5) is 4.79 Å². The van der Waals surface area contributed by atoms with Crippen molar-refractivity contribution in [2.45, 2.75) is 46.6 Å². The van der Waals surface area contributed by atoms with Crippen LogP contribution in [-0.4, -0.2) is 52.6 Å². The van der Waals surface area contributed by atoms with Crippen LogP contribution in [0.1, 0.15) is 47.3 Å². The van der Waals surface area contributed by atoms with E-state index in [4.69, 9.17) is 4.74 Å². The van der Waals surface area contributed by atoms with Gasteiger partial charge >= 0.3 is 6.09 Å². The summed E-state index contributed by atoms with van der Waals surface area (Å²) < 4.78 is 4.99. The number of aromatic nitrogens is 2. The van der Waals surface area contributed by atoms with Gasteiger partial charge in [-0.05, 0) is 40.5 Å². The van der Waals surface area contributed by atoms with Crippen molar-refractivity contribution in [2.75, 3.05) is 19.7 Å². The summed E-state index contributed by atoms with van der Waals surface area (Å²) in [5.41, 5.74) is 1.93. The SMILES string of the molecule is CCOC(=O)N1CCC(NC(=O)c2c(C)nc(C)nc2C)CC1. The van der Waals surface area contributed by atoms with Crippen LogP contribution in [0.5, 0.6) is 0 Å². The van der Waals surface area contributed by atoms with Gasteiger partial charge in [-0.25, -0.2) is 14.8 Å². The van der Waals surface area contributed by atoms with Crippen LogP contribution in [0, 0.1) is 20.8 Å². The zero-order valence-corrected chi connectivity index (χ0v) is 14.2. The van der Waals surface area contributed by atoms with Crippen molar-refractivity contribution in [2.24, 2.45) is 0 Å². The predicted molar refractivity (Wildman–Crippen MR) is 85.3 cm³/mol. The predicted octanol–water partition coefficient (Wildman–Crippen LogP) is 1.75. The van der Waals surface area contributed by atoms with E-state index in [1.54, 1.807) is 11.8 Å². The molecule has 7 nitrogen and oxygen atoms in total. The van der Waals surface area contributed by atoms with Gasteiger partial charge in [-0.3, -0.25) is 4.79 Å². The fourth-order valence-electron chi connectivity index (χ4n) is 2.89. The molecule has 1 aliphatic rings. The van der Waals surface area contributed by atoms with E-state index in [2.05, 4.69) is 15.3 Å². The second kappa shape index (κ2) is 7.39. The number of nitrogens with zero attached hydrogens (tertiary/aromatic N) is 3. The molecule has 2 amide bonds. The second-order valence-corrected chi connectivity index (χ2v) is 5.75. The van der Waals surface area contributed by atoms with E-state index in [1.165, 1.54) is 0 Å². The molecular formula is C16H24N4O3. The normalized spacial score (nSPS) is 15.4. The molecule has 0 bridgehead atoms. The Bertz CT molecular complexity index is 572. The molecule has 0 atom stereocenters. The first-order chi connectivity index (χ1) is 10.9. The Kier molecular flexibility index (Phi) is 5.52. The summed E-state index contributed by atoms with van der Waals surface area (Å²) in [4.78, 5) is 34.4. The Balaban J connectivity index is 1.94. The number of rotatable bonds is 3. The smallest absolute Gasteiger partial charge is 0.409 e. The molecule has 0 saturated carbocycles. The minimum atomic E-state index is -0.282. The van der Waals surface area contributed by atoms with Gasteiger partial charge in [0.2, 0.25) is 0 Å². The van der Waals surface area contributed by atoms with Crippen molar-refractivity contribution in [1.29, 1.82) is 0 Å². The highest BCUT2D eigenvalue weighted by Crippen LogP contribution is 2.14. The van der Waals surface area contributed by atoms with Crippen molar-refractivity contribution >= 4 is 12.0 Å². The van der Waals surface area contributed by atoms with E-state index in [0.29, 0.717) is 42.5 Å². The highest BCUT2D eigenvalue weighted by molar-refractivity contribution is 5.96. The van der Waals surface area contributed by atoms with Crippen LogP contribution in [-0.2, 0) is 4.74 Å². The lowest BCUT2D eigenvalue weighted by molar-refractivity contribution is 0.0858. The molecule has 126 valence electrons. The Labute approximate surface area is 136 Å². The van der Waals surface area contributed by atoms with Crippen LogP contribution in [0.2, 0.25) is 0 Å². The van der Waals surface area contributed by atoms with E-state index in [1.807, 2.05) is 20.8 Å². The topological polar surface area (TPSA) is 84.4 Å². The minimum absolute atomic E-state index is 0.0493. The summed E-state index contributed by atoms with van der Waals surface area (Å²) in [6.45, 7) is 8.80. The first-order valence-electron chi connectivity index (χ1n) is 7.96. The van der Waals surface area contributed by atoms with E-state index < -0.39 is 0 Å². The Morgan fingerprint density at radius 3 is 2.26 bits per heavy atom. The van der Waals surface area contributed by atoms with E-state index in [9.17, 15) is 9.59 Å². The summed E-state index contributed by atoms with van der Waals surface area (Å²) in [5, 5.41) is 3.03. The van der Waals surface area contributed by atoms with Crippen LogP contribution in [0.25, 0.3) is 0 Å².